The number of nitrogens with zero attached hydrogens (tertiary/aromatic N) is 6. The summed E-state index contributed by atoms with van der Waals surface area (Å²) in [6.07, 6.45) is 1.63. The molecule has 0 aliphatic carbocycles. The van der Waals surface area contributed by atoms with E-state index in [1.165, 1.54) is 30.1 Å². The van der Waals surface area contributed by atoms with Crippen LogP contribution in [0.5, 0.6) is 0 Å². The first-order valence-corrected chi connectivity index (χ1v) is 10.3. The molecule has 0 atom stereocenters. The molecule has 2 aromatic heterocycles. The van der Waals surface area contributed by atoms with Gasteiger partial charge in [-0.1, -0.05) is 17.7 Å². The van der Waals surface area contributed by atoms with Gasteiger partial charge in [-0.05, 0) is 35.9 Å². The van der Waals surface area contributed by atoms with Crippen LogP contribution in [0.1, 0.15) is 28.4 Å². The average molecular weight is 462 g/mol. The molecule has 4 aromatic rings. The van der Waals surface area contributed by atoms with Crippen LogP contribution in [0.2, 0.25) is 5.02 Å². The molecule has 33 heavy (non-hydrogen) atoms. The molecule has 4 rings (SSSR count). The van der Waals surface area contributed by atoms with E-state index in [2.05, 4.69) is 16.2 Å². The number of benzene rings is 2. The third-order valence-corrected chi connectivity index (χ3v) is 5.75. The Labute approximate surface area is 194 Å². The quantitative estimate of drug-likeness (QED) is 0.467. The molecule has 0 saturated heterocycles. The third kappa shape index (κ3) is 3.92. The number of aromatic nitrogens is 3. The molecule has 0 spiro atoms. The summed E-state index contributed by atoms with van der Waals surface area (Å²) in [5.74, 6) is -0.393. The summed E-state index contributed by atoms with van der Waals surface area (Å²) < 4.78 is 1.68. The maximum atomic E-state index is 13.6. The molecule has 2 amide bonds. The molecule has 166 valence electrons. The normalized spacial score (nSPS) is 10.9. The summed E-state index contributed by atoms with van der Waals surface area (Å²) in [5, 5.41) is 18.1. The van der Waals surface area contributed by atoms with Gasteiger partial charge >= 0.3 is 0 Å². The van der Waals surface area contributed by atoms with Crippen LogP contribution in [0.3, 0.4) is 0 Å². The van der Waals surface area contributed by atoms with E-state index in [1.807, 2.05) is 0 Å². The third-order valence-electron chi connectivity index (χ3n) is 5.52. The minimum Gasteiger partial charge on any atom is -0.383 e. The fourth-order valence-electron chi connectivity index (χ4n) is 3.68. The number of anilines is 1. The van der Waals surface area contributed by atoms with E-state index in [1.54, 1.807) is 48.3 Å². The number of nitrogens with two attached hydrogens (primary N) is 1. The molecule has 9 nitrogen and oxygen atoms in total. The lowest BCUT2D eigenvalue weighted by atomic mass is 10.1. The average Bonchev–Trinajstić information content (AvgIpc) is 3.19. The Kier molecular flexibility index (Phi) is 5.62. The van der Waals surface area contributed by atoms with Crippen molar-refractivity contribution in [2.75, 3.05) is 12.8 Å². The Morgan fingerprint density at radius 3 is 2.67 bits per heavy atom. The van der Waals surface area contributed by atoms with Gasteiger partial charge in [0, 0.05) is 37.0 Å². The Bertz CT molecular complexity index is 1470. The van der Waals surface area contributed by atoms with Crippen LogP contribution in [0.25, 0.3) is 21.8 Å². The van der Waals surface area contributed by atoms with Crippen LogP contribution in [-0.4, -0.2) is 43.6 Å². The largest absolute Gasteiger partial charge is 0.383 e. The van der Waals surface area contributed by atoms with Gasteiger partial charge in [-0.25, -0.2) is 9.99 Å². The zero-order valence-electron chi connectivity index (χ0n) is 18.2. The van der Waals surface area contributed by atoms with E-state index in [0.717, 1.165) is 5.52 Å². The van der Waals surface area contributed by atoms with Crippen molar-refractivity contribution in [3.05, 3.63) is 64.3 Å². The molecule has 2 N–H and O–H groups in total. The lowest BCUT2D eigenvalue weighted by molar-refractivity contribution is -0.140. The van der Waals surface area contributed by atoms with E-state index < -0.39 is 5.91 Å². The standard InChI is InChI=1S/C23H20ClN7O2/c1-13(32)30(3)31(12-15-4-6-17(24)8-16(15)10-25)23(33)14-5-7-20-18(9-14)21-19(22(26)28-20)11-27-29(21)2/h4-9,11H,12H2,1-3H3,(H2,26,28). The van der Waals surface area contributed by atoms with Gasteiger partial charge in [0.05, 0.1) is 40.8 Å². The van der Waals surface area contributed by atoms with Crippen LogP contribution in [0, 0.1) is 11.3 Å². The molecule has 0 aliphatic heterocycles. The maximum Gasteiger partial charge on any atom is 0.272 e. The van der Waals surface area contributed by atoms with Gasteiger partial charge in [0.1, 0.15) is 5.82 Å². The van der Waals surface area contributed by atoms with E-state index in [9.17, 15) is 14.9 Å². The maximum absolute atomic E-state index is 13.6. The zero-order chi connectivity index (χ0) is 23.9. The molecule has 2 heterocycles. The number of pyridine rings is 1. The summed E-state index contributed by atoms with van der Waals surface area (Å²) in [7, 11) is 3.29. The number of amides is 2. The number of halogens is 1. The Balaban J connectivity index is 1.82. The number of hydrazine groups is 1. The number of hydrogen-bond donors (Lipinski definition) is 1. The van der Waals surface area contributed by atoms with Gasteiger partial charge in [-0.2, -0.15) is 10.4 Å². The van der Waals surface area contributed by atoms with E-state index in [4.69, 9.17) is 17.3 Å². The summed E-state index contributed by atoms with van der Waals surface area (Å²) >= 11 is 6.00. The van der Waals surface area contributed by atoms with Crippen LogP contribution in [0.15, 0.2) is 42.6 Å². The van der Waals surface area contributed by atoms with Crippen molar-refractivity contribution in [3.63, 3.8) is 0 Å². The number of rotatable bonds is 3. The molecule has 2 aromatic carbocycles. The van der Waals surface area contributed by atoms with Gasteiger partial charge in [0.2, 0.25) is 5.91 Å². The van der Waals surface area contributed by atoms with Gasteiger partial charge in [0.25, 0.3) is 5.91 Å². The highest BCUT2D eigenvalue weighted by Gasteiger charge is 2.24. The second-order valence-electron chi connectivity index (χ2n) is 7.58. The Morgan fingerprint density at radius 2 is 1.97 bits per heavy atom. The number of aryl methyl sites for hydroxylation is 1. The van der Waals surface area contributed by atoms with Crippen LogP contribution < -0.4 is 5.73 Å². The highest BCUT2D eigenvalue weighted by atomic mass is 35.5. The molecular formula is C23H20ClN7O2. The molecular weight excluding hydrogens is 442 g/mol. The number of hydrogen-bond acceptors (Lipinski definition) is 6. The first-order valence-electron chi connectivity index (χ1n) is 9.96. The monoisotopic (exact) mass is 461 g/mol. The van der Waals surface area contributed by atoms with Gasteiger partial charge in [-0.3, -0.25) is 19.3 Å². The summed E-state index contributed by atoms with van der Waals surface area (Å²) in [4.78, 5) is 30.2. The Morgan fingerprint density at radius 1 is 1.21 bits per heavy atom. The van der Waals surface area contributed by atoms with Gasteiger partial charge in [-0.15, -0.1) is 0 Å². The van der Waals surface area contributed by atoms with Crippen molar-refractivity contribution in [3.8, 4) is 6.07 Å². The summed E-state index contributed by atoms with van der Waals surface area (Å²) in [5.41, 5.74) is 8.67. The van der Waals surface area contributed by atoms with Gasteiger partial charge in [0.15, 0.2) is 0 Å². The van der Waals surface area contributed by atoms with Crippen molar-refractivity contribution in [1.82, 2.24) is 24.8 Å². The molecule has 0 unspecified atom stereocenters. The molecule has 0 radical (unpaired) electrons. The predicted molar refractivity (Wildman–Crippen MR) is 125 cm³/mol. The zero-order valence-corrected chi connectivity index (χ0v) is 19.0. The summed E-state index contributed by atoms with van der Waals surface area (Å²) in [6.45, 7) is 1.37. The van der Waals surface area contributed by atoms with Crippen LogP contribution in [0.4, 0.5) is 5.82 Å². The summed E-state index contributed by atoms with van der Waals surface area (Å²) in [6, 6.07) is 12.0. The van der Waals surface area contributed by atoms with Crippen LogP contribution in [-0.2, 0) is 18.4 Å². The smallest absolute Gasteiger partial charge is 0.272 e. The van der Waals surface area contributed by atoms with Crippen molar-refractivity contribution in [2.45, 2.75) is 13.5 Å². The van der Waals surface area contributed by atoms with E-state index in [-0.39, 0.29) is 12.5 Å². The second-order valence-corrected chi connectivity index (χ2v) is 8.01. The van der Waals surface area contributed by atoms with Crippen LogP contribution >= 0.6 is 11.6 Å². The van der Waals surface area contributed by atoms with Crippen molar-refractivity contribution < 1.29 is 9.59 Å². The topological polar surface area (TPSA) is 121 Å². The number of fused-ring (bicyclic) bond motifs is 3. The number of carbonyl (C=O) groups excluding carboxylic acids is 2. The molecule has 0 bridgehead atoms. The minimum atomic E-state index is -0.416. The van der Waals surface area contributed by atoms with Crippen molar-refractivity contribution in [2.24, 2.45) is 7.05 Å². The number of nitrogen functional groups attached to an aromatic ring is 1. The molecule has 0 saturated carbocycles. The highest BCUT2D eigenvalue weighted by Crippen LogP contribution is 2.29. The molecule has 0 fully saturated rings. The van der Waals surface area contributed by atoms with Crippen molar-refractivity contribution >= 4 is 51.0 Å². The number of nitriles is 1. The fraction of sp³-hybridized carbons (Fsp3) is 0.174. The first kappa shape index (κ1) is 22.0. The Hall–Kier alpha value is -4.16. The predicted octanol–water partition coefficient (Wildman–Crippen LogP) is 3.26. The highest BCUT2D eigenvalue weighted by molar-refractivity contribution is 6.30. The molecule has 0 aliphatic rings. The lowest BCUT2D eigenvalue weighted by Gasteiger charge is -2.31. The fourth-order valence-corrected chi connectivity index (χ4v) is 3.85. The first-order chi connectivity index (χ1) is 15.7. The van der Waals surface area contributed by atoms with E-state index in [0.29, 0.717) is 43.8 Å². The number of carbonyl (C=O) groups is 2. The lowest BCUT2D eigenvalue weighted by Crippen LogP contribution is -2.46. The SMILES string of the molecule is CC(=O)N(C)N(Cc1ccc(Cl)cc1C#N)C(=O)c1ccc2nc(N)c3cnn(C)c3c2c1. The minimum absolute atomic E-state index is 0.00806. The van der Waals surface area contributed by atoms with Gasteiger partial charge < -0.3 is 5.73 Å². The van der Waals surface area contributed by atoms with E-state index >= 15 is 0 Å². The molecule has 10 heteroatoms. The van der Waals surface area contributed by atoms with Crippen molar-refractivity contribution in [1.29, 1.82) is 5.26 Å². The second kappa shape index (κ2) is 8.41.